The van der Waals surface area contributed by atoms with E-state index in [0.717, 1.165) is 6.26 Å². The number of fused-ring (bicyclic) bond motifs is 2. The summed E-state index contributed by atoms with van der Waals surface area (Å²) in [4.78, 5) is 0. The van der Waals surface area contributed by atoms with Crippen molar-refractivity contribution < 1.29 is 25.2 Å². The van der Waals surface area contributed by atoms with Crippen LogP contribution in [0.3, 0.4) is 0 Å². The molecule has 2 rings (SSSR count). The van der Waals surface area contributed by atoms with E-state index in [1.807, 2.05) is 0 Å². The quantitative estimate of drug-likeness (QED) is 0.438. The number of nitrogens with zero attached hydrogens (tertiary/aromatic N) is 1. The Bertz CT molecular complexity index is 803. The molecule has 9 nitrogen and oxygen atoms in total. The van der Waals surface area contributed by atoms with E-state index in [9.17, 15) is 16.8 Å². The fourth-order valence-electron chi connectivity index (χ4n) is 1.99. The molecule has 0 amide bonds. The maximum Gasteiger partial charge on any atom is 0.501 e. The molecule has 0 aromatic heterocycles. The summed E-state index contributed by atoms with van der Waals surface area (Å²) in [5.41, 5.74) is 6.55. The zero-order chi connectivity index (χ0) is 16.2. The Kier molecular flexibility index (Phi) is 3.56. The van der Waals surface area contributed by atoms with E-state index in [0.29, 0.717) is 9.98 Å². The Labute approximate surface area is 122 Å². The summed E-state index contributed by atoms with van der Waals surface area (Å²) in [6, 6.07) is 0.390. The second kappa shape index (κ2) is 4.73. The first-order valence-corrected chi connectivity index (χ1v) is 8.93. The second-order valence-electron chi connectivity index (χ2n) is 4.68. The molecule has 1 atom stereocenters. The van der Waals surface area contributed by atoms with Gasteiger partial charge in [0.05, 0.1) is 17.9 Å². The summed E-state index contributed by atoms with van der Waals surface area (Å²) in [6.45, 7) is 3.02. The van der Waals surface area contributed by atoms with Crippen LogP contribution in [0.1, 0.15) is 24.1 Å². The first-order chi connectivity index (χ1) is 9.44. The molecule has 118 valence electrons. The van der Waals surface area contributed by atoms with Crippen LogP contribution in [0.5, 0.6) is 11.5 Å². The van der Waals surface area contributed by atoms with E-state index in [1.165, 1.54) is 13.0 Å². The minimum absolute atomic E-state index is 0.0668. The molecule has 21 heavy (non-hydrogen) atoms. The lowest BCUT2D eigenvalue weighted by atomic mass is 10.0. The van der Waals surface area contributed by atoms with Gasteiger partial charge in [0.15, 0.2) is 11.5 Å². The maximum absolute atomic E-state index is 11.5. The first-order valence-electron chi connectivity index (χ1n) is 5.75. The average molecular weight is 337 g/mol. The number of hydrogen-bond donors (Lipinski definition) is 2. The molecular formula is C10H15N3O6S2. The Morgan fingerprint density at radius 1 is 1.33 bits per heavy atom. The van der Waals surface area contributed by atoms with Crippen molar-refractivity contribution in [1.29, 1.82) is 0 Å². The van der Waals surface area contributed by atoms with E-state index < -0.39 is 26.5 Å². The molecule has 11 heteroatoms. The van der Waals surface area contributed by atoms with E-state index in [-0.39, 0.29) is 22.7 Å². The van der Waals surface area contributed by atoms with Crippen LogP contribution < -0.4 is 19.9 Å². The SMILES string of the molecule is Cc1c(N)cc2c(C(C)N(N)S(C)(=O)=O)c1OS(=O)(=O)O2. The largest absolute Gasteiger partial charge is 0.501 e. The monoisotopic (exact) mass is 337 g/mol. The van der Waals surface area contributed by atoms with E-state index >= 15 is 0 Å². The van der Waals surface area contributed by atoms with Gasteiger partial charge in [0.2, 0.25) is 10.0 Å². The van der Waals surface area contributed by atoms with Gasteiger partial charge in [0.1, 0.15) is 0 Å². The van der Waals surface area contributed by atoms with Gasteiger partial charge in [-0.05, 0) is 13.8 Å². The lowest BCUT2D eigenvalue weighted by molar-refractivity contribution is 0.322. The van der Waals surface area contributed by atoms with Crippen molar-refractivity contribution in [2.45, 2.75) is 19.9 Å². The van der Waals surface area contributed by atoms with Crippen molar-refractivity contribution in [3.63, 3.8) is 0 Å². The van der Waals surface area contributed by atoms with Gasteiger partial charge in [-0.25, -0.2) is 8.42 Å². The highest BCUT2D eigenvalue weighted by atomic mass is 32.3. The van der Waals surface area contributed by atoms with E-state index in [2.05, 4.69) is 0 Å². The molecule has 0 saturated heterocycles. The van der Waals surface area contributed by atoms with Crippen molar-refractivity contribution >= 4 is 26.1 Å². The van der Waals surface area contributed by atoms with Crippen molar-refractivity contribution in [1.82, 2.24) is 4.41 Å². The molecular weight excluding hydrogens is 322 g/mol. The third-order valence-electron chi connectivity index (χ3n) is 3.13. The molecule has 1 aliphatic heterocycles. The number of nitrogens with two attached hydrogens (primary N) is 2. The number of anilines is 1. The zero-order valence-electron chi connectivity index (χ0n) is 11.5. The first kappa shape index (κ1) is 15.8. The molecule has 1 unspecified atom stereocenters. The number of benzene rings is 1. The van der Waals surface area contributed by atoms with Crippen molar-refractivity contribution in [3.05, 3.63) is 17.2 Å². The molecule has 1 aromatic carbocycles. The lowest BCUT2D eigenvalue weighted by Crippen LogP contribution is -2.40. The number of hydrogen-bond acceptors (Lipinski definition) is 8. The third kappa shape index (κ3) is 2.77. The Hall–Kier alpha value is -1.56. The Balaban J connectivity index is 2.67. The fraction of sp³-hybridized carbons (Fsp3) is 0.400. The van der Waals surface area contributed by atoms with Gasteiger partial charge in [-0.3, -0.25) is 5.84 Å². The summed E-state index contributed by atoms with van der Waals surface area (Å²) < 4.78 is 56.2. The van der Waals surface area contributed by atoms with Gasteiger partial charge in [0, 0.05) is 17.3 Å². The van der Waals surface area contributed by atoms with Crippen molar-refractivity contribution in [2.75, 3.05) is 12.0 Å². The molecule has 0 spiro atoms. The highest BCUT2D eigenvalue weighted by molar-refractivity contribution is 7.88. The van der Waals surface area contributed by atoms with Crippen molar-refractivity contribution in [3.8, 4) is 11.5 Å². The van der Waals surface area contributed by atoms with Crippen LogP contribution in [0.15, 0.2) is 6.07 Å². The van der Waals surface area contributed by atoms with Crippen LogP contribution in [0.4, 0.5) is 5.69 Å². The number of hydrazine groups is 1. The normalized spacial score (nSPS) is 18.0. The smallest absolute Gasteiger partial charge is 0.398 e. The predicted molar refractivity (Wildman–Crippen MR) is 75.1 cm³/mol. The molecule has 1 aliphatic rings. The van der Waals surface area contributed by atoms with Crippen LogP contribution in [0, 0.1) is 6.92 Å². The van der Waals surface area contributed by atoms with Gasteiger partial charge in [-0.1, -0.05) is 0 Å². The minimum atomic E-state index is -4.25. The van der Waals surface area contributed by atoms with Crippen LogP contribution in [0.25, 0.3) is 0 Å². The molecule has 1 heterocycles. The average Bonchev–Trinajstić information content (AvgIpc) is 2.31. The van der Waals surface area contributed by atoms with E-state index in [1.54, 1.807) is 6.92 Å². The van der Waals surface area contributed by atoms with Gasteiger partial charge in [-0.15, -0.1) is 12.8 Å². The van der Waals surface area contributed by atoms with Crippen LogP contribution >= 0.6 is 0 Å². The van der Waals surface area contributed by atoms with Gasteiger partial charge in [0.25, 0.3) is 0 Å². The number of sulfonamides is 1. The molecule has 4 N–H and O–H groups in total. The zero-order valence-corrected chi connectivity index (χ0v) is 13.2. The summed E-state index contributed by atoms with van der Waals surface area (Å²) in [5.74, 6) is 5.38. The molecule has 0 aliphatic carbocycles. The van der Waals surface area contributed by atoms with Gasteiger partial charge < -0.3 is 14.1 Å². The Morgan fingerprint density at radius 3 is 2.43 bits per heavy atom. The van der Waals surface area contributed by atoms with Crippen LogP contribution in [-0.4, -0.2) is 27.5 Å². The number of rotatable bonds is 3. The summed E-state index contributed by atoms with van der Waals surface area (Å²) in [7, 11) is -7.95. The maximum atomic E-state index is 11.5. The molecule has 0 radical (unpaired) electrons. The summed E-state index contributed by atoms with van der Waals surface area (Å²) in [6.07, 6.45) is 0.928. The van der Waals surface area contributed by atoms with Gasteiger partial charge >= 0.3 is 10.4 Å². The Morgan fingerprint density at radius 2 is 1.90 bits per heavy atom. The molecule has 0 saturated carbocycles. The van der Waals surface area contributed by atoms with E-state index in [4.69, 9.17) is 19.9 Å². The lowest BCUT2D eigenvalue weighted by Gasteiger charge is -2.29. The van der Waals surface area contributed by atoms with Crippen molar-refractivity contribution in [2.24, 2.45) is 5.84 Å². The molecule has 2 bridgehead atoms. The highest BCUT2D eigenvalue weighted by Crippen LogP contribution is 2.45. The third-order valence-corrected chi connectivity index (χ3v) is 4.97. The van der Waals surface area contributed by atoms with Crippen LogP contribution in [-0.2, 0) is 20.4 Å². The molecule has 0 fully saturated rings. The fourth-order valence-corrected chi connectivity index (χ4v) is 3.48. The topological polar surface area (TPSA) is 142 Å². The molecule has 1 aromatic rings. The predicted octanol–water partition coefficient (Wildman–Crippen LogP) is -0.210. The second-order valence-corrected chi connectivity index (χ2v) is 7.71. The number of nitrogen functional groups attached to an aromatic ring is 1. The minimum Gasteiger partial charge on any atom is -0.398 e. The van der Waals surface area contributed by atoms with Crippen LogP contribution in [0.2, 0.25) is 0 Å². The summed E-state index contributed by atoms with van der Waals surface area (Å²) in [5, 5.41) is 0. The highest BCUT2D eigenvalue weighted by Gasteiger charge is 2.36. The van der Waals surface area contributed by atoms with Gasteiger partial charge in [-0.2, -0.15) is 0 Å². The standard InChI is InChI=1S/C10H15N3O6S2/c1-5-7(11)4-8-9(6(2)13(12)20(3,14)15)10(5)19-21(16,17)18-8/h4,6H,11-12H2,1-3H3. The summed E-state index contributed by atoms with van der Waals surface area (Å²) >= 11 is 0.